The van der Waals surface area contributed by atoms with E-state index in [1.54, 1.807) is 48.5 Å². The number of halogens is 1. The Kier molecular flexibility index (Phi) is 7.46. The molecule has 0 saturated heterocycles. The van der Waals surface area contributed by atoms with E-state index in [1.807, 2.05) is 12.1 Å². The Labute approximate surface area is 211 Å². The number of aromatic nitrogens is 1. The molecular formula is C24H21ClN4O4S2. The van der Waals surface area contributed by atoms with Crippen LogP contribution in [0.2, 0.25) is 5.02 Å². The van der Waals surface area contributed by atoms with Gasteiger partial charge in [0.2, 0.25) is 10.0 Å². The zero-order chi connectivity index (χ0) is 25.0. The molecule has 3 aromatic carbocycles. The monoisotopic (exact) mass is 528 g/mol. The summed E-state index contributed by atoms with van der Waals surface area (Å²) in [5.41, 5.74) is 7.92. The molecule has 0 fully saturated rings. The first-order valence-corrected chi connectivity index (χ1v) is 13.1. The van der Waals surface area contributed by atoms with E-state index >= 15 is 0 Å². The van der Waals surface area contributed by atoms with Gasteiger partial charge in [-0.1, -0.05) is 59.2 Å². The van der Waals surface area contributed by atoms with Gasteiger partial charge in [0, 0.05) is 12.5 Å². The molecule has 3 N–H and O–H groups in total. The molecule has 0 bridgehead atoms. The number of amidine groups is 1. The van der Waals surface area contributed by atoms with Crippen molar-refractivity contribution in [1.82, 2.24) is 9.71 Å². The number of carbonyl (C=O) groups excluding carboxylic acids is 1. The quantitative estimate of drug-likeness (QED) is 0.151. The van der Waals surface area contributed by atoms with E-state index in [0.29, 0.717) is 21.1 Å². The molecule has 180 valence electrons. The number of hydrogen-bond donors (Lipinski definition) is 2. The van der Waals surface area contributed by atoms with Crippen LogP contribution >= 0.6 is 22.9 Å². The number of benzene rings is 3. The average Bonchev–Trinajstić information content (AvgIpc) is 3.29. The van der Waals surface area contributed by atoms with Crippen molar-refractivity contribution in [3.63, 3.8) is 0 Å². The first-order chi connectivity index (χ1) is 16.7. The molecule has 4 aromatic rings. The van der Waals surface area contributed by atoms with Crippen molar-refractivity contribution in [3.05, 3.63) is 94.0 Å². The third-order valence-corrected chi connectivity index (χ3v) is 8.10. The summed E-state index contributed by atoms with van der Waals surface area (Å²) >= 11 is 7.67. The molecule has 35 heavy (non-hydrogen) atoms. The number of oxime groups is 1. The summed E-state index contributed by atoms with van der Waals surface area (Å²) in [4.78, 5) is 20.5. The molecule has 1 heterocycles. The Morgan fingerprint density at radius 2 is 1.89 bits per heavy atom. The van der Waals surface area contributed by atoms with E-state index in [-0.39, 0.29) is 17.2 Å². The molecule has 1 unspecified atom stereocenters. The summed E-state index contributed by atoms with van der Waals surface area (Å²) in [5, 5.41) is 4.74. The zero-order valence-corrected chi connectivity index (χ0v) is 20.9. The van der Waals surface area contributed by atoms with E-state index < -0.39 is 22.0 Å². The lowest BCUT2D eigenvalue weighted by Gasteiger charge is -2.17. The summed E-state index contributed by atoms with van der Waals surface area (Å²) in [7, 11) is -3.84. The van der Waals surface area contributed by atoms with Crippen LogP contribution in [-0.2, 0) is 26.1 Å². The van der Waals surface area contributed by atoms with Gasteiger partial charge in [0.05, 0.1) is 26.2 Å². The molecular weight excluding hydrogens is 508 g/mol. The molecule has 4 rings (SSSR count). The fourth-order valence-corrected chi connectivity index (χ4v) is 5.98. The van der Waals surface area contributed by atoms with Gasteiger partial charge < -0.3 is 10.6 Å². The predicted molar refractivity (Wildman–Crippen MR) is 137 cm³/mol. The van der Waals surface area contributed by atoms with Gasteiger partial charge in [-0.3, -0.25) is 0 Å². The van der Waals surface area contributed by atoms with Gasteiger partial charge in [-0.15, -0.1) is 11.3 Å². The smallest absolute Gasteiger partial charge is 0.332 e. The van der Waals surface area contributed by atoms with E-state index in [1.165, 1.54) is 30.4 Å². The lowest BCUT2D eigenvalue weighted by Crippen LogP contribution is -2.30. The highest BCUT2D eigenvalue weighted by atomic mass is 35.5. The number of nitrogens with zero attached hydrogens (tertiary/aromatic N) is 2. The number of nitrogens with one attached hydrogen (secondary N) is 1. The summed E-state index contributed by atoms with van der Waals surface area (Å²) < 4.78 is 29.9. The molecule has 1 atom stereocenters. The van der Waals surface area contributed by atoms with Gasteiger partial charge in [0.15, 0.2) is 5.84 Å². The fourth-order valence-electron chi connectivity index (χ4n) is 3.38. The van der Waals surface area contributed by atoms with Gasteiger partial charge in [-0.05, 0) is 42.3 Å². The first-order valence-electron chi connectivity index (χ1n) is 10.5. The minimum Gasteiger partial charge on any atom is -0.380 e. The topological polar surface area (TPSA) is 124 Å². The highest BCUT2D eigenvalue weighted by Gasteiger charge is 2.25. The number of fused-ring (bicyclic) bond motifs is 1. The SMILES string of the molecule is CC(=O)ON=C(N)c1cccc(CC(NS(=O)(=O)c2ccccc2)c2nc3cccc(Cl)c3s2)c1. The number of sulfonamides is 1. The van der Waals surface area contributed by atoms with Gasteiger partial charge in [0.1, 0.15) is 5.01 Å². The molecule has 0 saturated carbocycles. The van der Waals surface area contributed by atoms with E-state index in [9.17, 15) is 13.2 Å². The summed E-state index contributed by atoms with van der Waals surface area (Å²) in [6, 6.07) is 19.9. The van der Waals surface area contributed by atoms with Crippen molar-refractivity contribution in [2.75, 3.05) is 0 Å². The second-order valence-electron chi connectivity index (χ2n) is 7.59. The summed E-state index contributed by atoms with van der Waals surface area (Å²) in [5.74, 6) is -0.566. The van der Waals surface area contributed by atoms with Gasteiger partial charge in [-0.25, -0.2) is 22.9 Å². The Hall–Kier alpha value is -3.31. The van der Waals surface area contributed by atoms with E-state index in [2.05, 4.69) is 19.7 Å². The lowest BCUT2D eigenvalue weighted by molar-refractivity contribution is -0.140. The third kappa shape index (κ3) is 6.04. The predicted octanol–water partition coefficient (Wildman–Crippen LogP) is 4.40. The van der Waals surface area contributed by atoms with Gasteiger partial charge >= 0.3 is 5.97 Å². The molecule has 8 nitrogen and oxygen atoms in total. The van der Waals surface area contributed by atoms with Crippen LogP contribution in [0.3, 0.4) is 0 Å². The molecule has 0 aliphatic carbocycles. The molecule has 1 aromatic heterocycles. The Bertz CT molecular complexity index is 1500. The van der Waals surface area contributed by atoms with Crippen molar-refractivity contribution in [2.24, 2.45) is 10.9 Å². The molecule has 0 aliphatic heterocycles. The van der Waals surface area contributed by atoms with Crippen molar-refractivity contribution in [1.29, 1.82) is 0 Å². The molecule has 0 aliphatic rings. The largest absolute Gasteiger partial charge is 0.380 e. The number of carbonyl (C=O) groups is 1. The standard InChI is InChI=1S/C24H21ClN4O4S2/c1-15(30)33-28-23(26)17-8-5-7-16(13-17)14-21(29-35(31,32)18-9-3-2-4-10-18)24-27-20-12-6-11-19(25)22(20)34-24/h2-13,21,29H,14H2,1H3,(H2,26,28). The number of nitrogens with two attached hydrogens (primary N) is 1. The molecule has 0 amide bonds. The van der Waals surface area contributed by atoms with Crippen molar-refractivity contribution in [3.8, 4) is 0 Å². The normalized spacial score (nSPS) is 13.0. The third-order valence-electron chi connectivity index (χ3n) is 4.97. The highest BCUT2D eigenvalue weighted by Crippen LogP contribution is 2.33. The van der Waals surface area contributed by atoms with Gasteiger partial charge in [-0.2, -0.15) is 0 Å². The molecule has 0 radical (unpaired) electrons. The second kappa shape index (κ2) is 10.5. The molecule has 0 spiro atoms. The highest BCUT2D eigenvalue weighted by molar-refractivity contribution is 7.89. The minimum atomic E-state index is -3.84. The zero-order valence-electron chi connectivity index (χ0n) is 18.5. The van der Waals surface area contributed by atoms with Crippen LogP contribution in [0, 0.1) is 0 Å². The number of thiazole rings is 1. The molecule has 11 heteroatoms. The Balaban J connectivity index is 1.71. The van der Waals surface area contributed by atoms with Crippen molar-refractivity contribution in [2.45, 2.75) is 24.3 Å². The van der Waals surface area contributed by atoms with Crippen LogP contribution in [-0.4, -0.2) is 25.2 Å². The van der Waals surface area contributed by atoms with Crippen molar-refractivity contribution >= 4 is 55.0 Å². The van der Waals surface area contributed by atoms with E-state index in [4.69, 9.17) is 17.3 Å². The first kappa shape index (κ1) is 24.8. The maximum Gasteiger partial charge on any atom is 0.332 e. The minimum absolute atomic E-state index is 0.0234. The van der Waals surface area contributed by atoms with E-state index in [0.717, 1.165) is 10.3 Å². The van der Waals surface area contributed by atoms with Crippen LogP contribution in [0.1, 0.15) is 29.1 Å². The van der Waals surface area contributed by atoms with Crippen molar-refractivity contribution < 1.29 is 18.0 Å². The number of rotatable bonds is 8. The van der Waals surface area contributed by atoms with Crippen LogP contribution in [0.5, 0.6) is 0 Å². The Morgan fingerprint density at radius 1 is 1.14 bits per heavy atom. The average molecular weight is 529 g/mol. The second-order valence-corrected chi connectivity index (χ2v) is 10.7. The van der Waals surface area contributed by atoms with Crippen LogP contribution in [0.4, 0.5) is 0 Å². The maximum absolute atomic E-state index is 13.2. The Morgan fingerprint density at radius 3 is 2.60 bits per heavy atom. The number of hydrogen-bond acceptors (Lipinski definition) is 7. The van der Waals surface area contributed by atoms with Crippen LogP contribution < -0.4 is 10.5 Å². The van der Waals surface area contributed by atoms with Crippen LogP contribution in [0.25, 0.3) is 10.2 Å². The fraction of sp³-hybridized carbons (Fsp3) is 0.125. The lowest BCUT2D eigenvalue weighted by atomic mass is 10.0. The van der Waals surface area contributed by atoms with Crippen LogP contribution in [0.15, 0.2) is 82.8 Å². The summed E-state index contributed by atoms with van der Waals surface area (Å²) in [6.07, 6.45) is 0.276. The summed E-state index contributed by atoms with van der Waals surface area (Å²) in [6.45, 7) is 1.22. The van der Waals surface area contributed by atoms with Gasteiger partial charge in [0.25, 0.3) is 0 Å². The maximum atomic E-state index is 13.2.